The van der Waals surface area contributed by atoms with Crippen LogP contribution in [0.1, 0.15) is 30.4 Å². The van der Waals surface area contributed by atoms with E-state index in [4.69, 9.17) is 0 Å². The van der Waals surface area contributed by atoms with Gasteiger partial charge in [0.15, 0.2) is 0 Å². The van der Waals surface area contributed by atoms with Gasteiger partial charge in [0.25, 0.3) is 0 Å². The third-order valence-electron chi connectivity index (χ3n) is 5.35. The lowest BCUT2D eigenvalue weighted by Gasteiger charge is -2.28. The highest BCUT2D eigenvalue weighted by Gasteiger charge is 2.23. The SMILES string of the molecule is CN(Cc1cc(Br)cc(Br)c1)C(=O)CC(=C1CCN(C(=O)O)CC1)c1ccc(F)cc1. The Morgan fingerprint density at radius 3 is 2.19 bits per heavy atom. The van der Waals surface area contributed by atoms with Gasteiger partial charge >= 0.3 is 6.09 Å². The summed E-state index contributed by atoms with van der Waals surface area (Å²) in [5.41, 5.74) is 3.70. The van der Waals surface area contributed by atoms with Gasteiger partial charge < -0.3 is 14.9 Å². The van der Waals surface area contributed by atoms with Gasteiger partial charge in [-0.3, -0.25) is 4.79 Å². The van der Waals surface area contributed by atoms with Gasteiger partial charge in [-0.25, -0.2) is 9.18 Å². The molecule has 2 aromatic rings. The molecule has 0 bridgehead atoms. The van der Waals surface area contributed by atoms with Gasteiger partial charge in [-0.1, -0.05) is 49.6 Å². The minimum absolute atomic E-state index is 0.0522. The van der Waals surface area contributed by atoms with Crippen LogP contribution >= 0.6 is 31.9 Å². The molecule has 1 fully saturated rings. The summed E-state index contributed by atoms with van der Waals surface area (Å²) < 4.78 is 15.3. The number of rotatable bonds is 5. The van der Waals surface area contributed by atoms with Crippen molar-refractivity contribution in [3.05, 3.63) is 73.9 Å². The summed E-state index contributed by atoms with van der Waals surface area (Å²) >= 11 is 6.93. The van der Waals surface area contributed by atoms with Crippen LogP contribution in [-0.4, -0.2) is 47.0 Å². The molecular formula is C23H23Br2FN2O3. The predicted octanol–water partition coefficient (Wildman–Crippen LogP) is 5.93. The van der Waals surface area contributed by atoms with Gasteiger partial charge in [0.05, 0.1) is 6.42 Å². The van der Waals surface area contributed by atoms with Crippen molar-refractivity contribution in [3.63, 3.8) is 0 Å². The van der Waals surface area contributed by atoms with E-state index < -0.39 is 6.09 Å². The second kappa shape index (κ2) is 10.4. The van der Waals surface area contributed by atoms with Crippen LogP contribution in [0.5, 0.6) is 0 Å². The van der Waals surface area contributed by atoms with Crippen LogP contribution in [0.4, 0.5) is 9.18 Å². The van der Waals surface area contributed by atoms with Gasteiger partial charge in [-0.05, 0) is 59.9 Å². The molecule has 2 amide bonds. The zero-order valence-corrected chi connectivity index (χ0v) is 20.2. The average Bonchev–Trinajstić information content (AvgIpc) is 2.72. The molecule has 0 radical (unpaired) electrons. The van der Waals surface area contributed by atoms with Gasteiger partial charge in [-0.15, -0.1) is 0 Å². The smallest absolute Gasteiger partial charge is 0.407 e. The van der Waals surface area contributed by atoms with Crippen molar-refractivity contribution in [2.24, 2.45) is 0 Å². The monoisotopic (exact) mass is 552 g/mol. The standard InChI is InChI=1S/C23H23Br2FN2O3/c1-27(14-15-10-18(24)12-19(25)11-15)22(29)13-21(16-2-4-20(26)5-3-16)17-6-8-28(9-7-17)23(30)31/h2-5,10-12H,6-9,13-14H2,1H3,(H,30,31). The lowest BCUT2D eigenvalue weighted by Crippen LogP contribution is -2.35. The van der Waals surface area contributed by atoms with Crippen LogP contribution in [0.25, 0.3) is 5.57 Å². The topological polar surface area (TPSA) is 60.9 Å². The van der Waals surface area contributed by atoms with E-state index in [0.717, 1.165) is 31.2 Å². The lowest BCUT2D eigenvalue weighted by atomic mass is 9.90. The molecule has 5 nitrogen and oxygen atoms in total. The van der Waals surface area contributed by atoms with E-state index >= 15 is 0 Å². The largest absolute Gasteiger partial charge is 0.465 e. The van der Waals surface area contributed by atoms with Gasteiger partial charge in [0, 0.05) is 35.6 Å². The highest BCUT2D eigenvalue weighted by molar-refractivity contribution is 9.11. The molecule has 0 unspecified atom stereocenters. The van der Waals surface area contributed by atoms with Gasteiger partial charge in [-0.2, -0.15) is 0 Å². The minimum atomic E-state index is -0.932. The number of nitrogens with zero attached hydrogens (tertiary/aromatic N) is 2. The zero-order valence-electron chi connectivity index (χ0n) is 17.1. The van der Waals surface area contributed by atoms with E-state index in [-0.39, 0.29) is 18.1 Å². The molecule has 0 aromatic heterocycles. The number of likely N-dealkylation sites (tertiary alicyclic amines) is 1. The molecule has 0 aliphatic carbocycles. The molecule has 0 atom stereocenters. The number of amides is 2. The van der Waals surface area contributed by atoms with E-state index in [1.54, 1.807) is 24.1 Å². The molecule has 0 saturated carbocycles. The minimum Gasteiger partial charge on any atom is -0.465 e. The lowest BCUT2D eigenvalue weighted by molar-refractivity contribution is -0.129. The summed E-state index contributed by atoms with van der Waals surface area (Å²) in [6, 6.07) is 12.0. The number of carbonyl (C=O) groups excluding carboxylic acids is 1. The Balaban J connectivity index is 1.81. The van der Waals surface area contributed by atoms with Crippen LogP contribution in [0.3, 0.4) is 0 Å². The first-order chi connectivity index (χ1) is 14.7. The van der Waals surface area contributed by atoms with E-state index in [2.05, 4.69) is 31.9 Å². The molecule has 0 spiro atoms. The van der Waals surface area contributed by atoms with Gasteiger partial charge in [0.2, 0.25) is 5.91 Å². The summed E-state index contributed by atoms with van der Waals surface area (Å²) in [6.45, 7) is 1.24. The summed E-state index contributed by atoms with van der Waals surface area (Å²) in [7, 11) is 1.76. The summed E-state index contributed by atoms with van der Waals surface area (Å²) in [6.07, 6.45) is 0.376. The highest BCUT2D eigenvalue weighted by atomic mass is 79.9. The number of halogens is 3. The second-order valence-corrected chi connectivity index (χ2v) is 9.39. The Hall–Kier alpha value is -2.19. The number of carboxylic acid groups (broad SMARTS) is 1. The molecular weight excluding hydrogens is 531 g/mol. The summed E-state index contributed by atoms with van der Waals surface area (Å²) in [4.78, 5) is 27.4. The summed E-state index contributed by atoms with van der Waals surface area (Å²) in [5.74, 6) is -0.388. The first-order valence-electron chi connectivity index (χ1n) is 9.86. The Morgan fingerprint density at radius 1 is 1.06 bits per heavy atom. The maximum absolute atomic E-state index is 13.5. The second-order valence-electron chi connectivity index (χ2n) is 7.56. The number of hydrogen-bond donors (Lipinski definition) is 1. The van der Waals surface area contributed by atoms with Crippen molar-refractivity contribution in [3.8, 4) is 0 Å². The molecule has 164 valence electrons. The van der Waals surface area contributed by atoms with Crippen molar-refractivity contribution in [1.29, 1.82) is 0 Å². The first-order valence-corrected chi connectivity index (χ1v) is 11.4. The molecule has 8 heteroatoms. The number of piperidine rings is 1. The predicted molar refractivity (Wildman–Crippen MR) is 125 cm³/mol. The third kappa shape index (κ3) is 6.40. The van der Waals surface area contributed by atoms with Crippen molar-refractivity contribution in [2.75, 3.05) is 20.1 Å². The Bertz CT molecular complexity index is 978. The maximum Gasteiger partial charge on any atom is 0.407 e. The number of hydrogen-bond acceptors (Lipinski definition) is 2. The fourth-order valence-electron chi connectivity index (χ4n) is 3.70. The van der Waals surface area contributed by atoms with E-state index in [1.807, 2.05) is 18.2 Å². The van der Waals surface area contributed by atoms with Crippen LogP contribution in [0, 0.1) is 5.82 Å². The Labute approximate surface area is 197 Å². The van der Waals surface area contributed by atoms with Gasteiger partial charge in [0.1, 0.15) is 5.82 Å². The van der Waals surface area contributed by atoms with E-state index in [1.165, 1.54) is 17.0 Å². The fourth-order valence-corrected chi connectivity index (χ4v) is 5.09. The van der Waals surface area contributed by atoms with E-state index in [9.17, 15) is 19.1 Å². The molecule has 1 saturated heterocycles. The van der Waals surface area contributed by atoms with E-state index in [0.29, 0.717) is 32.5 Å². The van der Waals surface area contributed by atoms with Crippen LogP contribution in [0.15, 0.2) is 57.0 Å². The Morgan fingerprint density at radius 2 is 1.65 bits per heavy atom. The highest BCUT2D eigenvalue weighted by Crippen LogP contribution is 2.30. The fraction of sp³-hybridized carbons (Fsp3) is 0.304. The maximum atomic E-state index is 13.5. The molecule has 1 N–H and O–H groups in total. The third-order valence-corrected chi connectivity index (χ3v) is 6.27. The zero-order chi connectivity index (χ0) is 22.5. The van der Waals surface area contributed by atoms with Crippen LogP contribution < -0.4 is 0 Å². The first kappa shape index (κ1) is 23.5. The molecule has 1 aliphatic heterocycles. The quantitative estimate of drug-likeness (QED) is 0.499. The van der Waals surface area contributed by atoms with Crippen LogP contribution in [-0.2, 0) is 11.3 Å². The Kier molecular flexibility index (Phi) is 7.89. The average molecular weight is 554 g/mol. The molecule has 1 heterocycles. The summed E-state index contributed by atoms with van der Waals surface area (Å²) in [5, 5.41) is 9.21. The van der Waals surface area contributed by atoms with Crippen molar-refractivity contribution < 1.29 is 19.1 Å². The normalized spacial score (nSPS) is 13.8. The molecule has 3 rings (SSSR count). The molecule has 31 heavy (non-hydrogen) atoms. The van der Waals surface area contributed by atoms with Crippen LogP contribution in [0.2, 0.25) is 0 Å². The number of carbonyl (C=O) groups is 2. The van der Waals surface area contributed by atoms with Crippen molar-refractivity contribution >= 4 is 49.4 Å². The van der Waals surface area contributed by atoms with Crippen molar-refractivity contribution in [1.82, 2.24) is 9.80 Å². The molecule has 1 aliphatic rings. The molecule has 2 aromatic carbocycles. The van der Waals surface area contributed by atoms with Crippen molar-refractivity contribution in [2.45, 2.75) is 25.8 Å². The number of benzene rings is 2.